The van der Waals surface area contributed by atoms with Crippen LogP contribution in [0.4, 0.5) is 5.69 Å². The normalized spacial score (nSPS) is 24.3. The standard InChI is InChI=1S/C19H26ClN3/c1-14(2)22-8-6-19(7-9-22)11-15(3)23(13-19)17-5-4-16(12-21)18(20)10-17/h4-5,10,14-15H,6-9,11,13H2,1-3H3/t15-/m0/s1. The zero-order valence-corrected chi connectivity index (χ0v) is 15.1. The van der Waals surface area contributed by atoms with E-state index in [1.54, 1.807) is 0 Å². The van der Waals surface area contributed by atoms with Gasteiger partial charge in [-0.3, -0.25) is 0 Å². The van der Waals surface area contributed by atoms with Crippen molar-refractivity contribution in [2.75, 3.05) is 24.5 Å². The number of hydrogen-bond donors (Lipinski definition) is 0. The number of nitriles is 1. The largest absolute Gasteiger partial charge is 0.368 e. The van der Waals surface area contributed by atoms with Gasteiger partial charge in [-0.1, -0.05) is 11.6 Å². The Labute approximate surface area is 144 Å². The molecule has 2 aliphatic rings. The maximum Gasteiger partial charge on any atom is 0.101 e. The van der Waals surface area contributed by atoms with Crippen LogP contribution in [0.5, 0.6) is 0 Å². The fraction of sp³-hybridized carbons (Fsp3) is 0.632. The Bertz CT molecular complexity index is 612. The lowest BCUT2D eigenvalue weighted by Crippen LogP contribution is -2.44. The molecule has 0 unspecified atom stereocenters. The molecule has 0 aromatic heterocycles. The van der Waals surface area contributed by atoms with E-state index in [0.717, 1.165) is 12.2 Å². The monoisotopic (exact) mass is 331 g/mol. The fourth-order valence-electron chi connectivity index (χ4n) is 4.31. The van der Waals surface area contributed by atoms with Gasteiger partial charge < -0.3 is 9.80 Å². The highest BCUT2D eigenvalue weighted by Gasteiger charge is 2.44. The maximum atomic E-state index is 9.04. The highest BCUT2D eigenvalue weighted by atomic mass is 35.5. The van der Waals surface area contributed by atoms with Crippen molar-refractivity contribution >= 4 is 17.3 Å². The van der Waals surface area contributed by atoms with Crippen LogP contribution in [-0.2, 0) is 0 Å². The Hall–Kier alpha value is -1.24. The molecule has 1 atom stereocenters. The lowest BCUT2D eigenvalue weighted by Gasteiger charge is -2.41. The van der Waals surface area contributed by atoms with E-state index in [-0.39, 0.29) is 0 Å². The Balaban J connectivity index is 1.74. The quantitative estimate of drug-likeness (QED) is 0.809. The van der Waals surface area contributed by atoms with Gasteiger partial charge in [0, 0.05) is 24.3 Å². The second-order valence-electron chi connectivity index (χ2n) is 7.59. The SMILES string of the molecule is CC(C)N1CCC2(CC1)C[C@H](C)N(c1ccc(C#N)c(Cl)c1)C2. The molecule has 2 aliphatic heterocycles. The van der Waals surface area contributed by atoms with Crippen LogP contribution in [0.1, 0.15) is 45.6 Å². The average molecular weight is 332 g/mol. The topological polar surface area (TPSA) is 30.3 Å². The van der Waals surface area contributed by atoms with E-state index in [9.17, 15) is 0 Å². The van der Waals surface area contributed by atoms with Crippen molar-refractivity contribution in [2.24, 2.45) is 5.41 Å². The first-order chi connectivity index (χ1) is 10.9. The smallest absolute Gasteiger partial charge is 0.101 e. The number of hydrogen-bond acceptors (Lipinski definition) is 3. The molecule has 3 rings (SSSR count). The third kappa shape index (κ3) is 3.20. The van der Waals surface area contributed by atoms with Crippen molar-refractivity contribution in [2.45, 2.75) is 52.1 Å². The summed E-state index contributed by atoms with van der Waals surface area (Å²) in [5.41, 5.74) is 2.16. The zero-order chi connectivity index (χ0) is 16.6. The number of benzene rings is 1. The summed E-state index contributed by atoms with van der Waals surface area (Å²) in [6, 6.07) is 9.17. The zero-order valence-electron chi connectivity index (χ0n) is 14.3. The highest BCUT2D eigenvalue weighted by Crippen LogP contribution is 2.45. The molecule has 0 aliphatic carbocycles. The van der Waals surface area contributed by atoms with Crippen molar-refractivity contribution in [1.82, 2.24) is 4.90 Å². The predicted molar refractivity (Wildman–Crippen MR) is 96.0 cm³/mol. The minimum Gasteiger partial charge on any atom is -0.368 e. The first-order valence-electron chi connectivity index (χ1n) is 8.64. The maximum absolute atomic E-state index is 9.04. The molecular formula is C19H26ClN3. The molecule has 0 amide bonds. The van der Waals surface area contributed by atoms with Crippen LogP contribution < -0.4 is 4.90 Å². The molecule has 0 N–H and O–H groups in total. The third-order valence-electron chi connectivity index (χ3n) is 5.76. The molecule has 124 valence electrons. The number of likely N-dealkylation sites (tertiary alicyclic amines) is 1. The molecule has 4 heteroatoms. The van der Waals surface area contributed by atoms with Crippen LogP contribution in [0.15, 0.2) is 18.2 Å². The van der Waals surface area contributed by atoms with Gasteiger partial charge in [0.25, 0.3) is 0 Å². The number of piperidine rings is 1. The molecule has 0 saturated carbocycles. The van der Waals surface area contributed by atoms with Gasteiger partial charge in [-0.15, -0.1) is 0 Å². The lowest BCUT2D eigenvalue weighted by molar-refractivity contribution is 0.0951. The van der Waals surface area contributed by atoms with Gasteiger partial charge in [-0.25, -0.2) is 0 Å². The summed E-state index contributed by atoms with van der Waals surface area (Å²) in [5, 5.41) is 9.61. The predicted octanol–water partition coefficient (Wildman–Crippen LogP) is 4.30. The minimum absolute atomic E-state index is 0.450. The van der Waals surface area contributed by atoms with E-state index in [2.05, 4.69) is 36.6 Å². The molecular weight excluding hydrogens is 306 g/mol. The van der Waals surface area contributed by atoms with Gasteiger partial charge in [-0.05, 0) is 76.7 Å². The third-order valence-corrected chi connectivity index (χ3v) is 6.07. The van der Waals surface area contributed by atoms with Crippen molar-refractivity contribution < 1.29 is 0 Å². The van der Waals surface area contributed by atoms with E-state index < -0.39 is 0 Å². The molecule has 2 heterocycles. The van der Waals surface area contributed by atoms with E-state index in [4.69, 9.17) is 16.9 Å². The molecule has 1 aromatic carbocycles. The summed E-state index contributed by atoms with van der Waals surface area (Å²) < 4.78 is 0. The number of nitrogens with zero attached hydrogens (tertiary/aromatic N) is 3. The molecule has 23 heavy (non-hydrogen) atoms. The Morgan fingerprint density at radius 1 is 1.30 bits per heavy atom. The number of halogens is 1. The molecule has 3 nitrogen and oxygen atoms in total. The van der Waals surface area contributed by atoms with Crippen LogP contribution in [-0.4, -0.2) is 36.6 Å². The second kappa shape index (κ2) is 6.34. The van der Waals surface area contributed by atoms with E-state index in [0.29, 0.717) is 28.1 Å². The fourth-order valence-corrected chi connectivity index (χ4v) is 4.53. The molecule has 0 radical (unpaired) electrons. The molecule has 2 fully saturated rings. The number of rotatable bonds is 2. The average Bonchev–Trinajstić information content (AvgIpc) is 2.84. The first-order valence-corrected chi connectivity index (χ1v) is 9.02. The van der Waals surface area contributed by atoms with Crippen LogP contribution >= 0.6 is 11.6 Å². The summed E-state index contributed by atoms with van der Waals surface area (Å²) in [5.74, 6) is 0. The number of anilines is 1. The van der Waals surface area contributed by atoms with Crippen LogP contribution in [0.3, 0.4) is 0 Å². The van der Waals surface area contributed by atoms with E-state index in [1.807, 2.05) is 18.2 Å². The minimum atomic E-state index is 0.450. The Morgan fingerprint density at radius 2 is 2.00 bits per heavy atom. The van der Waals surface area contributed by atoms with E-state index >= 15 is 0 Å². The second-order valence-corrected chi connectivity index (χ2v) is 7.99. The summed E-state index contributed by atoms with van der Waals surface area (Å²) in [6.07, 6.45) is 3.84. The van der Waals surface area contributed by atoms with Crippen LogP contribution in [0, 0.1) is 16.7 Å². The van der Waals surface area contributed by atoms with Crippen molar-refractivity contribution in [1.29, 1.82) is 5.26 Å². The van der Waals surface area contributed by atoms with Crippen molar-refractivity contribution in [3.63, 3.8) is 0 Å². The van der Waals surface area contributed by atoms with Gasteiger partial charge in [0.05, 0.1) is 10.6 Å². The van der Waals surface area contributed by atoms with Gasteiger partial charge >= 0.3 is 0 Å². The van der Waals surface area contributed by atoms with Crippen molar-refractivity contribution in [3.8, 4) is 6.07 Å². The Kier molecular flexibility index (Phi) is 4.58. The highest BCUT2D eigenvalue weighted by molar-refractivity contribution is 6.32. The van der Waals surface area contributed by atoms with Gasteiger partial charge in [-0.2, -0.15) is 5.26 Å². The van der Waals surface area contributed by atoms with Crippen molar-refractivity contribution in [3.05, 3.63) is 28.8 Å². The van der Waals surface area contributed by atoms with Crippen LogP contribution in [0.25, 0.3) is 0 Å². The Morgan fingerprint density at radius 3 is 2.57 bits per heavy atom. The summed E-state index contributed by atoms with van der Waals surface area (Å²) in [4.78, 5) is 5.08. The molecule has 1 aromatic rings. The summed E-state index contributed by atoms with van der Waals surface area (Å²) >= 11 is 6.23. The molecule has 1 spiro atoms. The lowest BCUT2D eigenvalue weighted by atomic mass is 9.76. The van der Waals surface area contributed by atoms with Gasteiger partial charge in [0.1, 0.15) is 6.07 Å². The molecule has 0 bridgehead atoms. The first kappa shape index (κ1) is 16.6. The van der Waals surface area contributed by atoms with Gasteiger partial charge in [0.2, 0.25) is 0 Å². The van der Waals surface area contributed by atoms with E-state index in [1.165, 1.54) is 32.4 Å². The van der Waals surface area contributed by atoms with Gasteiger partial charge in [0.15, 0.2) is 0 Å². The van der Waals surface area contributed by atoms with Crippen LogP contribution in [0.2, 0.25) is 5.02 Å². The summed E-state index contributed by atoms with van der Waals surface area (Å²) in [7, 11) is 0. The molecule has 2 saturated heterocycles. The summed E-state index contributed by atoms with van der Waals surface area (Å²) in [6.45, 7) is 10.4.